The molecule has 2 heteroatoms. The van der Waals surface area contributed by atoms with Crippen molar-refractivity contribution in [3.05, 3.63) is 11.6 Å². The molecule has 0 bridgehead atoms. The summed E-state index contributed by atoms with van der Waals surface area (Å²) in [5.74, 6) is 1.18. The molecule has 1 saturated heterocycles. The summed E-state index contributed by atoms with van der Waals surface area (Å²) in [5.41, 5.74) is 1.98. The number of hydrogen-bond acceptors (Lipinski definition) is 2. The van der Waals surface area contributed by atoms with Gasteiger partial charge in [-0.3, -0.25) is 0 Å². The first-order valence-electron chi connectivity index (χ1n) is 4.39. The predicted molar refractivity (Wildman–Crippen MR) is 48.7 cm³/mol. The summed E-state index contributed by atoms with van der Waals surface area (Å²) in [6, 6.07) is 0. The van der Waals surface area contributed by atoms with Gasteiger partial charge in [0.15, 0.2) is 0 Å². The Morgan fingerprint density at radius 1 is 1.45 bits per heavy atom. The highest BCUT2D eigenvalue weighted by Gasteiger charge is 2.21. The van der Waals surface area contributed by atoms with E-state index in [1.807, 2.05) is 11.8 Å². The quantitative estimate of drug-likeness (QED) is 0.559. The molecule has 2 rings (SSSR count). The van der Waals surface area contributed by atoms with Crippen LogP contribution in [0.15, 0.2) is 11.6 Å². The average Bonchev–Trinajstić information content (AvgIpc) is 2.58. The van der Waals surface area contributed by atoms with Gasteiger partial charge in [-0.15, -0.1) is 11.8 Å². The number of rotatable bonds is 1. The van der Waals surface area contributed by atoms with Gasteiger partial charge in [-0.2, -0.15) is 0 Å². The molecule has 1 aliphatic heterocycles. The number of allylic oxidation sites excluding steroid dienone is 1. The van der Waals surface area contributed by atoms with Crippen LogP contribution in [0, 0.1) is 0 Å². The summed E-state index contributed by atoms with van der Waals surface area (Å²) >= 11 is 1.96. The van der Waals surface area contributed by atoms with Crippen molar-refractivity contribution >= 4 is 11.8 Å². The summed E-state index contributed by atoms with van der Waals surface area (Å²) in [6.45, 7) is 0.951. The molecular formula is C9H14OS. The monoisotopic (exact) mass is 170 g/mol. The van der Waals surface area contributed by atoms with Crippen molar-refractivity contribution in [2.75, 3.05) is 12.4 Å². The lowest BCUT2D eigenvalue weighted by molar-refractivity contribution is 0.162. The van der Waals surface area contributed by atoms with Crippen LogP contribution in [-0.4, -0.2) is 17.8 Å². The van der Waals surface area contributed by atoms with Crippen molar-refractivity contribution in [3.8, 4) is 0 Å². The maximum absolute atomic E-state index is 5.59. The van der Waals surface area contributed by atoms with E-state index in [2.05, 4.69) is 6.08 Å². The molecular weight excluding hydrogens is 156 g/mol. The molecule has 1 atom stereocenters. The fourth-order valence-electron chi connectivity index (χ4n) is 1.65. The summed E-state index contributed by atoms with van der Waals surface area (Å²) in [7, 11) is 0. The Hall–Kier alpha value is 0.0500. The second-order valence-corrected chi connectivity index (χ2v) is 4.27. The molecule has 62 valence electrons. The molecule has 0 spiro atoms. The Bertz CT molecular complexity index is 159. The highest BCUT2D eigenvalue weighted by atomic mass is 32.2. The lowest BCUT2D eigenvalue weighted by Crippen LogP contribution is -2.07. The van der Waals surface area contributed by atoms with Crippen LogP contribution in [0.2, 0.25) is 0 Å². The summed E-state index contributed by atoms with van der Waals surface area (Å²) in [5, 5.41) is 0. The SMILES string of the molecule is C1=C(C2OCCS2)CCCC1. The fraction of sp³-hybridized carbons (Fsp3) is 0.778. The maximum atomic E-state index is 5.59. The van der Waals surface area contributed by atoms with Crippen LogP contribution < -0.4 is 0 Å². The van der Waals surface area contributed by atoms with Crippen molar-refractivity contribution in [3.63, 3.8) is 0 Å². The first-order valence-corrected chi connectivity index (χ1v) is 5.44. The molecule has 0 saturated carbocycles. The standard InChI is InChI=1S/C9H14OS/c1-2-4-8(5-3-1)9-10-6-7-11-9/h4,9H,1-3,5-7H2. The fourth-order valence-corrected chi connectivity index (χ4v) is 2.68. The molecule has 0 aromatic heterocycles. The molecule has 1 aliphatic carbocycles. The van der Waals surface area contributed by atoms with Gasteiger partial charge >= 0.3 is 0 Å². The highest BCUT2D eigenvalue weighted by molar-refractivity contribution is 8.00. The van der Waals surface area contributed by atoms with Crippen LogP contribution in [0.5, 0.6) is 0 Å². The van der Waals surface area contributed by atoms with E-state index >= 15 is 0 Å². The van der Waals surface area contributed by atoms with E-state index in [4.69, 9.17) is 4.74 Å². The molecule has 11 heavy (non-hydrogen) atoms. The molecule has 1 fully saturated rings. The van der Waals surface area contributed by atoms with Gasteiger partial charge in [-0.25, -0.2) is 0 Å². The molecule has 0 aromatic rings. The van der Waals surface area contributed by atoms with Crippen molar-refractivity contribution in [2.45, 2.75) is 31.1 Å². The van der Waals surface area contributed by atoms with Crippen LogP contribution in [0.1, 0.15) is 25.7 Å². The van der Waals surface area contributed by atoms with Gasteiger partial charge in [0.05, 0.1) is 6.61 Å². The predicted octanol–water partition coefficient (Wildman–Crippen LogP) is 2.58. The Balaban J connectivity index is 1.96. The molecule has 0 aromatic carbocycles. The minimum absolute atomic E-state index is 0.426. The Morgan fingerprint density at radius 3 is 3.09 bits per heavy atom. The summed E-state index contributed by atoms with van der Waals surface area (Å²) in [6.07, 6.45) is 7.67. The maximum Gasteiger partial charge on any atom is 0.124 e. The second-order valence-electron chi connectivity index (χ2n) is 3.10. The van der Waals surface area contributed by atoms with E-state index in [0.29, 0.717) is 5.44 Å². The lowest BCUT2D eigenvalue weighted by Gasteiger charge is -2.17. The zero-order valence-corrected chi connectivity index (χ0v) is 7.53. The van der Waals surface area contributed by atoms with Crippen molar-refractivity contribution in [1.82, 2.24) is 0 Å². The third kappa shape index (κ3) is 1.79. The Kier molecular flexibility index (Phi) is 2.54. The van der Waals surface area contributed by atoms with Gasteiger partial charge in [0.25, 0.3) is 0 Å². The molecule has 1 heterocycles. The van der Waals surface area contributed by atoms with E-state index < -0.39 is 0 Å². The van der Waals surface area contributed by atoms with Crippen molar-refractivity contribution in [1.29, 1.82) is 0 Å². The molecule has 1 nitrogen and oxygen atoms in total. The summed E-state index contributed by atoms with van der Waals surface area (Å²) < 4.78 is 5.59. The van der Waals surface area contributed by atoms with E-state index in [1.165, 1.54) is 31.4 Å². The number of thioether (sulfide) groups is 1. The van der Waals surface area contributed by atoms with Gasteiger partial charge < -0.3 is 4.74 Å². The molecule has 1 unspecified atom stereocenters. The molecule has 0 amide bonds. The van der Waals surface area contributed by atoms with Gasteiger partial charge in [0.1, 0.15) is 5.44 Å². The van der Waals surface area contributed by atoms with Gasteiger partial charge in [-0.05, 0) is 31.3 Å². The second kappa shape index (κ2) is 3.63. The van der Waals surface area contributed by atoms with E-state index in [0.717, 1.165) is 6.61 Å². The van der Waals surface area contributed by atoms with E-state index in [1.54, 1.807) is 5.57 Å². The van der Waals surface area contributed by atoms with Crippen LogP contribution in [0.4, 0.5) is 0 Å². The largest absolute Gasteiger partial charge is 0.362 e. The van der Waals surface area contributed by atoms with Crippen LogP contribution >= 0.6 is 11.8 Å². The topological polar surface area (TPSA) is 9.23 Å². The smallest absolute Gasteiger partial charge is 0.124 e. The van der Waals surface area contributed by atoms with Gasteiger partial charge in [0, 0.05) is 5.75 Å². The van der Waals surface area contributed by atoms with E-state index in [9.17, 15) is 0 Å². The molecule has 0 radical (unpaired) electrons. The molecule has 2 aliphatic rings. The third-order valence-electron chi connectivity index (χ3n) is 2.25. The van der Waals surface area contributed by atoms with Crippen molar-refractivity contribution < 1.29 is 4.74 Å². The van der Waals surface area contributed by atoms with Gasteiger partial charge in [-0.1, -0.05) is 6.08 Å². The Morgan fingerprint density at radius 2 is 2.45 bits per heavy atom. The Labute approximate surface area is 72.2 Å². The highest BCUT2D eigenvalue weighted by Crippen LogP contribution is 2.31. The zero-order chi connectivity index (χ0) is 7.52. The minimum atomic E-state index is 0.426. The van der Waals surface area contributed by atoms with E-state index in [-0.39, 0.29) is 0 Å². The van der Waals surface area contributed by atoms with Crippen LogP contribution in [0.3, 0.4) is 0 Å². The normalized spacial score (nSPS) is 32.0. The zero-order valence-electron chi connectivity index (χ0n) is 6.71. The first kappa shape index (κ1) is 7.69. The van der Waals surface area contributed by atoms with Crippen LogP contribution in [-0.2, 0) is 4.74 Å². The van der Waals surface area contributed by atoms with Crippen LogP contribution in [0.25, 0.3) is 0 Å². The molecule has 0 N–H and O–H groups in total. The number of ether oxygens (including phenoxy) is 1. The van der Waals surface area contributed by atoms with Gasteiger partial charge in [0.2, 0.25) is 0 Å². The first-order chi connectivity index (χ1) is 5.47. The summed E-state index contributed by atoms with van der Waals surface area (Å²) in [4.78, 5) is 0. The number of hydrogen-bond donors (Lipinski definition) is 0. The average molecular weight is 170 g/mol. The minimum Gasteiger partial charge on any atom is -0.362 e. The van der Waals surface area contributed by atoms with Crippen molar-refractivity contribution in [2.24, 2.45) is 0 Å². The third-order valence-corrected chi connectivity index (χ3v) is 3.39. The lowest BCUT2D eigenvalue weighted by atomic mass is 10.0.